The van der Waals surface area contributed by atoms with Gasteiger partial charge in [0.1, 0.15) is 0 Å². The maximum atomic E-state index is 13.1. The second kappa shape index (κ2) is 8.18. The van der Waals surface area contributed by atoms with E-state index in [9.17, 15) is 18.0 Å². The molecule has 0 unspecified atom stereocenters. The summed E-state index contributed by atoms with van der Waals surface area (Å²) in [7, 11) is 0. The predicted molar refractivity (Wildman–Crippen MR) is 110 cm³/mol. The average molecular weight is 410 g/mol. The van der Waals surface area contributed by atoms with Crippen molar-refractivity contribution in [3.63, 3.8) is 0 Å². The third kappa shape index (κ3) is 4.45. The highest BCUT2D eigenvalue weighted by Crippen LogP contribution is 2.34. The first-order chi connectivity index (χ1) is 14.4. The van der Waals surface area contributed by atoms with E-state index in [1.54, 1.807) is 12.1 Å². The molecule has 0 saturated heterocycles. The lowest BCUT2D eigenvalue weighted by Gasteiger charge is -2.16. The number of benzene rings is 2. The number of alkyl halides is 3. The molecule has 1 heterocycles. The summed E-state index contributed by atoms with van der Waals surface area (Å²) in [6, 6.07) is 13.8. The zero-order valence-corrected chi connectivity index (χ0v) is 16.0. The van der Waals surface area contributed by atoms with Crippen LogP contribution in [0.1, 0.15) is 23.1 Å². The summed E-state index contributed by atoms with van der Waals surface area (Å²) in [5.74, 6) is 0. The van der Waals surface area contributed by atoms with Crippen molar-refractivity contribution in [2.45, 2.75) is 25.4 Å². The number of nitrogens with zero attached hydrogens (tertiary/aromatic N) is 1. The van der Waals surface area contributed by atoms with Gasteiger partial charge in [-0.25, -0.2) is 4.79 Å². The molecule has 2 aromatic carbocycles. The molecule has 1 radical (unpaired) electrons. The topological polar surface area (TPSA) is 54.0 Å². The first kappa shape index (κ1) is 19.9. The van der Waals surface area contributed by atoms with Crippen LogP contribution in [0.15, 0.2) is 60.8 Å². The Hall–Kier alpha value is -3.35. The fraction of sp³-hybridized carbons (Fsp3) is 0.174. The van der Waals surface area contributed by atoms with Gasteiger partial charge < -0.3 is 10.6 Å². The molecule has 7 heteroatoms. The SMILES string of the molecule is O=C(Nc1ccc(-c2ccc3c(c2)CC[CH]C3)nc1)Nc1ccccc1C(F)(F)F. The summed E-state index contributed by atoms with van der Waals surface area (Å²) in [6.07, 6.45) is 2.27. The number of carbonyl (C=O) groups excluding carboxylic acids is 1. The van der Waals surface area contributed by atoms with Crippen LogP contribution in [0.2, 0.25) is 0 Å². The molecule has 3 aromatic rings. The van der Waals surface area contributed by atoms with E-state index in [0.717, 1.165) is 36.6 Å². The van der Waals surface area contributed by atoms with E-state index < -0.39 is 17.8 Å². The smallest absolute Gasteiger partial charge is 0.307 e. The van der Waals surface area contributed by atoms with Crippen LogP contribution < -0.4 is 10.6 Å². The van der Waals surface area contributed by atoms with Crippen LogP contribution in [0.3, 0.4) is 0 Å². The van der Waals surface area contributed by atoms with Crippen LogP contribution in [0.25, 0.3) is 11.3 Å². The van der Waals surface area contributed by atoms with Crippen LogP contribution in [0, 0.1) is 6.42 Å². The molecule has 0 saturated carbocycles. The number of fused-ring (bicyclic) bond motifs is 1. The van der Waals surface area contributed by atoms with Gasteiger partial charge in [-0.05, 0) is 67.1 Å². The molecule has 0 bridgehead atoms. The van der Waals surface area contributed by atoms with E-state index in [1.165, 1.54) is 35.5 Å². The van der Waals surface area contributed by atoms with Crippen LogP contribution >= 0.6 is 0 Å². The number of hydrogen-bond donors (Lipinski definition) is 2. The minimum absolute atomic E-state index is 0.307. The average Bonchev–Trinajstić information content (AvgIpc) is 2.73. The van der Waals surface area contributed by atoms with E-state index in [0.29, 0.717) is 5.69 Å². The summed E-state index contributed by atoms with van der Waals surface area (Å²) in [6.45, 7) is 0. The Morgan fingerprint density at radius 1 is 0.967 bits per heavy atom. The molecule has 4 nitrogen and oxygen atoms in total. The van der Waals surface area contributed by atoms with Crippen molar-refractivity contribution >= 4 is 17.4 Å². The number of para-hydroxylation sites is 1. The minimum Gasteiger partial charge on any atom is -0.307 e. The van der Waals surface area contributed by atoms with E-state index in [2.05, 4.69) is 34.2 Å². The number of aryl methyl sites for hydroxylation is 1. The zero-order chi connectivity index (χ0) is 21.1. The van der Waals surface area contributed by atoms with Crippen molar-refractivity contribution in [2.24, 2.45) is 0 Å². The molecule has 1 aromatic heterocycles. The molecular formula is C23H19F3N3O. The Balaban J connectivity index is 1.45. The fourth-order valence-corrected chi connectivity index (χ4v) is 3.49. The van der Waals surface area contributed by atoms with Gasteiger partial charge in [0.2, 0.25) is 0 Å². The highest BCUT2D eigenvalue weighted by atomic mass is 19.4. The van der Waals surface area contributed by atoms with Gasteiger partial charge in [-0.2, -0.15) is 13.2 Å². The highest BCUT2D eigenvalue weighted by molar-refractivity contribution is 6.00. The lowest BCUT2D eigenvalue weighted by Crippen LogP contribution is -2.21. The Kier molecular flexibility index (Phi) is 5.44. The molecule has 1 aliphatic carbocycles. The molecule has 0 atom stereocenters. The normalized spacial score (nSPS) is 13.4. The fourth-order valence-electron chi connectivity index (χ4n) is 3.49. The second-order valence-corrected chi connectivity index (χ2v) is 7.07. The van der Waals surface area contributed by atoms with Crippen LogP contribution in [-0.2, 0) is 19.0 Å². The minimum atomic E-state index is -4.56. The third-order valence-corrected chi connectivity index (χ3v) is 4.99. The van der Waals surface area contributed by atoms with Gasteiger partial charge in [0.05, 0.1) is 28.8 Å². The Morgan fingerprint density at radius 2 is 1.80 bits per heavy atom. The molecule has 0 spiro atoms. The van der Waals surface area contributed by atoms with Gasteiger partial charge in [-0.3, -0.25) is 4.98 Å². The molecule has 30 heavy (non-hydrogen) atoms. The van der Waals surface area contributed by atoms with Crippen molar-refractivity contribution < 1.29 is 18.0 Å². The van der Waals surface area contributed by atoms with Gasteiger partial charge in [0.25, 0.3) is 0 Å². The molecule has 4 rings (SSSR count). The van der Waals surface area contributed by atoms with Crippen molar-refractivity contribution in [2.75, 3.05) is 10.6 Å². The first-order valence-corrected chi connectivity index (χ1v) is 9.54. The largest absolute Gasteiger partial charge is 0.418 e. The van der Waals surface area contributed by atoms with Gasteiger partial charge in [-0.15, -0.1) is 0 Å². The van der Waals surface area contributed by atoms with Crippen molar-refractivity contribution in [1.29, 1.82) is 0 Å². The maximum Gasteiger partial charge on any atom is 0.418 e. The number of urea groups is 1. The quantitative estimate of drug-likeness (QED) is 0.548. The lowest BCUT2D eigenvalue weighted by atomic mass is 9.90. The second-order valence-electron chi connectivity index (χ2n) is 7.07. The molecule has 2 N–H and O–H groups in total. The standard InChI is InChI=1S/C23H19F3N3O/c24-23(25,26)19-7-3-4-8-21(19)29-22(30)28-18-11-12-20(27-14-18)17-10-9-15-5-1-2-6-16(15)13-17/h1,3-4,7-14H,2,5-6H2,(H2,28,29,30). The summed E-state index contributed by atoms with van der Waals surface area (Å²) < 4.78 is 39.2. The predicted octanol–water partition coefficient (Wildman–Crippen LogP) is 6.10. The van der Waals surface area contributed by atoms with Crippen molar-refractivity contribution in [3.05, 3.63) is 83.9 Å². The van der Waals surface area contributed by atoms with Crippen molar-refractivity contribution in [3.8, 4) is 11.3 Å². The van der Waals surface area contributed by atoms with Crippen LogP contribution in [0.5, 0.6) is 0 Å². The Bertz CT molecular complexity index is 1060. The maximum absolute atomic E-state index is 13.1. The number of carbonyl (C=O) groups is 1. The molecule has 153 valence electrons. The monoisotopic (exact) mass is 410 g/mol. The Labute approximate surface area is 172 Å². The van der Waals surface area contributed by atoms with Gasteiger partial charge in [-0.1, -0.05) is 24.3 Å². The molecule has 2 amide bonds. The summed E-state index contributed by atoms with van der Waals surface area (Å²) in [5.41, 5.74) is 3.58. The first-order valence-electron chi connectivity index (χ1n) is 9.54. The van der Waals surface area contributed by atoms with E-state index >= 15 is 0 Å². The molecular weight excluding hydrogens is 391 g/mol. The lowest BCUT2D eigenvalue weighted by molar-refractivity contribution is -0.136. The molecule has 0 aliphatic heterocycles. The number of anilines is 2. The highest BCUT2D eigenvalue weighted by Gasteiger charge is 2.33. The third-order valence-electron chi connectivity index (χ3n) is 4.99. The van der Waals surface area contributed by atoms with E-state index in [1.807, 2.05) is 6.07 Å². The number of nitrogens with one attached hydrogen (secondary N) is 2. The zero-order valence-electron chi connectivity index (χ0n) is 16.0. The summed E-state index contributed by atoms with van der Waals surface area (Å²) in [4.78, 5) is 16.5. The number of halogens is 3. The van der Waals surface area contributed by atoms with Crippen LogP contribution in [-0.4, -0.2) is 11.0 Å². The van der Waals surface area contributed by atoms with Crippen LogP contribution in [0.4, 0.5) is 29.3 Å². The number of amides is 2. The van der Waals surface area contributed by atoms with Gasteiger partial charge in [0.15, 0.2) is 0 Å². The number of rotatable bonds is 3. The van der Waals surface area contributed by atoms with Gasteiger partial charge >= 0.3 is 12.2 Å². The number of aromatic nitrogens is 1. The number of hydrogen-bond acceptors (Lipinski definition) is 2. The van der Waals surface area contributed by atoms with Gasteiger partial charge in [0, 0.05) is 5.56 Å². The molecule has 1 aliphatic rings. The van der Waals surface area contributed by atoms with Crippen molar-refractivity contribution in [1.82, 2.24) is 4.98 Å². The van der Waals surface area contributed by atoms with E-state index in [-0.39, 0.29) is 5.69 Å². The molecule has 0 fully saturated rings. The van der Waals surface area contributed by atoms with E-state index in [4.69, 9.17) is 0 Å². The number of pyridine rings is 1. The summed E-state index contributed by atoms with van der Waals surface area (Å²) >= 11 is 0. The Morgan fingerprint density at radius 3 is 2.57 bits per heavy atom. The summed E-state index contributed by atoms with van der Waals surface area (Å²) in [5, 5.41) is 4.76.